The SMILES string of the molecule is C=CC[C@@H](CC(=O)N[C@H](C)CO)C(=O)NC[C@H](C)OC(=O)[C@H](CC=C)Cc1ccccc1. The first-order chi connectivity index (χ1) is 15.3. The average molecular weight is 445 g/mol. The molecule has 0 saturated heterocycles. The maximum atomic E-state index is 12.6. The minimum atomic E-state index is -0.590. The van der Waals surface area contributed by atoms with Crippen molar-refractivity contribution in [2.24, 2.45) is 11.8 Å². The van der Waals surface area contributed by atoms with Gasteiger partial charge in [-0.25, -0.2) is 0 Å². The van der Waals surface area contributed by atoms with Crippen LogP contribution < -0.4 is 10.6 Å². The van der Waals surface area contributed by atoms with Gasteiger partial charge < -0.3 is 20.5 Å². The largest absolute Gasteiger partial charge is 0.461 e. The molecular weight excluding hydrogens is 408 g/mol. The van der Waals surface area contributed by atoms with Crippen molar-refractivity contribution >= 4 is 17.8 Å². The molecule has 0 bridgehead atoms. The molecule has 3 N–H and O–H groups in total. The molecule has 0 unspecified atom stereocenters. The minimum absolute atomic E-state index is 0.0190. The maximum absolute atomic E-state index is 12.6. The highest BCUT2D eigenvalue weighted by Crippen LogP contribution is 2.16. The van der Waals surface area contributed by atoms with Crippen LogP contribution in [0.1, 0.15) is 38.7 Å². The highest BCUT2D eigenvalue weighted by molar-refractivity contribution is 5.86. The molecule has 32 heavy (non-hydrogen) atoms. The quantitative estimate of drug-likeness (QED) is 0.285. The summed E-state index contributed by atoms with van der Waals surface area (Å²) in [5.41, 5.74) is 1.04. The Morgan fingerprint density at radius 3 is 2.28 bits per heavy atom. The van der Waals surface area contributed by atoms with Crippen molar-refractivity contribution in [3.05, 3.63) is 61.2 Å². The third-order valence-electron chi connectivity index (χ3n) is 4.93. The highest BCUT2D eigenvalue weighted by Gasteiger charge is 2.24. The molecule has 0 aliphatic heterocycles. The monoisotopic (exact) mass is 444 g/mol. The van der Waals surface area contributed by atoms with Crippen molar-refractivity contribution in [3.8, 4) is 0 Å². The first kappa shape index (κ1) is 27.1. The lowest BCUT2D eigenvalue weighted by atomic mass is 9.96. The van der Waals surface area contributed by atoms with Gasteiger partial charge in [0.25, 0.3) is 0 Å². The van der Waals surface area contributed by atoms with Gasteiger partial charge in [-0.05, 0) is 38.7 Å². The summed E-state index contributed by atoms with van der Waals surface area (Å²) >= 11 is 0. The molecule has 2 amide bonds. The molecule has 0 radical (unpaired) electrons. The predicted octanol–water partition coefficient (Wildman–Crippen LogP) is 2.55. The van der Waals surface area contributed by atoms with Gasteiger partial charge in [-0.15, -0.1) is 13.2 Å². The van der Waals surface area contributed by atoms with Gasteiger partial charge in [0.15, 0.2) is 0 Å². The van der Waals surface area contributed by atoms with Crippen LogP contribution in [0.15, 0.2) is 55.6 Å². The smallest absolute Gasteiger partial charge is 0.309 e. The van der Waals surface area contributed by atoms with E-state index in [9.17, 15) is 14.4 Å². The van der Waals surface area contributed by atoms with Crippen molar-refractivity contribution in [1.29, 1.82) is 0 Å². The Bertz CT molecular complexity index is 750. The van der Waals surface area contributed by atoms with E-state index in [1.54, 1.807) is 26.0 Å². The van der Waals surface area contributed by atoms with E-state index < -0.39 is 12.0 Å². The Morgan fingerprint density at radius 1 is 1.06 bits per heavy atom. The highest BCUT2D eigenvalue weighted by atomic mass is 16.5. The number of hydrogen-bond donors (Lipinski definition) is 3. The summed E-state index contributed by atoms with van der Waals surface area (Å²) in [6, 6.07) is 9.32. The Balaban J connectivity index is 2.57. The first-order valence-corrected chi connectivity index (χ1v) is 10.9. The molecule has 0 fully saturated rings. The molecule has 0 aromatic heterocycles. The van der Waals surface area contributed by atoms with Crippen LogP contribution in [-0.4, -0.2) is 48.2 Å². The van der Waals surface area contributed by atoms with Gasteiger partial charge >= 0.3 is 5.97 Å². The summed E-state index contributed by atoms with van der Waals surface area (Å²) in [6.07, 6.45) is 4.11. The normalized spacial score (nSPS) is 14.3. The zero-order chi connectivity index (χ0) is 23.9. The van der Waals surface area contributed by atoms with Crippen molar-refractivity contribution in [3.63, 3.8) is 0 Å². The molecule has 176 valence electrons. The van der Waals surface area contributed by atoms with Crippen LogP contribution in [0.5, 0.6) is 0 Å². The number of amides is 2. The zero-order valence-electron chi connectivity index (χ0n) is 19.1. The van der Waals surface area contributed by atoms with E-state index in [2.05, 4.69) is 23.8 Å². The van der Waals surface area contributed by atoms with Crippen LogP contribution in [0.4, 0.5) is 0 Å². The molecule has 0 heterocycles. The number of allylic oxidation sites excluding steroid dienone is 2. The van der Waals surface area contributed by atoms with E-state index in [0.29, 0.717) is 19.3 Å². The maximum Gasteiger partial charge on any atom is 0.309 e. The third-order valence-corrected chi connectivity index (χ3v) is 4.93. The summed E-state index contributed by atoms with van der Waals surface area (Å²) in [4.78, 5) is 37.2. The van der Waals surface area contributed by atoms with Gasteiger partial charge in [0.1, 0.15) is 6.10 Å². The molecule has 0 saturated carbocycles. The molecule has 0 aliphatic carbocycles. The summed E-state index contributed by atoms with van der Waals surface area (Å²) < 4.78 is 5.55. The van der Waals surface area contributed by atoms with Gasteiger partial charge in [-0.1, -0.05) is 42.5 Å². The lowest BCUT2D eigenvalue weighted by Gasteiger charge is -2.21. The Morgan fingerprint density at radius 2 is 1.69 bits per heavy atom. The van der Waals surface area contributed by atoms with Gasteiger partial charge in [-0.2, -0.15) is 0 Å². The van der Waals surface area contributed by atoms with Gasteiger partial charge in [0, 0.05) is 12.5 Å². The number of carbonyl (C=O) groups is 3. The molecule has 0 spiro atoms. The van der Waals surface area contributed by atoms with E-state index in [1.807, 2.05) is 30.3 Å². The summed E-state index contributed by atoms with van der Waals surface area (Å²) in [7, 11) is 0. The van der Waals surface area contributed by atoms with Gasteiger partial charge in [-0.3, -0.25) is 14.4 Å². The van der Waals surface area contributed by atoms with Crippen LogP contribution in [0.3, 0.4) is 0 Å². The molecule has 1 rings (SSSR count). The van der Waals surface area contributed by atoms with Gasteiger partial charge in [0.05, 0.1) is 25.0 Å². The number of carbonyl (C=O) groups excluding carboxylic acids is 3. The fourth-order valence-corrected chi connectivity index (χ4v) is 3.17. The van der Waals surface area contributed by atoms with Crippen LogP contribution in [-0.2, 0) is 25.5 Å². The number of hydrogen-bond acceptors (Lipinski definition) is 5. The van der Waals surface area contributed by atoms with Crippen LogP contribution in [0.2, 0.25) is 0 Å². The molecule has 1 aromatic carbocycles. The molecular formula is C25H36N2O5. The second kappa shape index (κ2) is 15.0. The summed E-state index contributed by atoms with van der Waals surface area (Å²) in [6.45, 7) is 10.7. The second-order valence-electron chi connectivity index (χ2n) is 7.98. The average Bonchev–Trinajstić information content (AvgIpc) is 2.77. The van der Waals surface area contributed by atoms with Crippen molar-refractivity contribution in [1.82, 2.24) is 10.6 Å². The fourth-order valence-electron chi connectivity index (χ4n) is 3.17. The molecule has 0 aliphatic rings. The number of esters is 1. The van der Waals surface area contributed by atoms with Crippen LogP contribution in [0.25, 0.3) is 0 Å². The van der Waals surface area contributed by atoms with Gasteiger partial charge in [0.2, 0.25) is 11.8 Å². The van der Waals surface area contributed by atoms with E-state index in [0.717, 1.165) is 5.56 Å². The fraction of sp³-hybridized carbons (Fsp3) is 0.480. The number of nitrogens with one attached hydrogen (secondary N) is 2. The first-order valence-electron chi connectivity index (χ1n) is 10.9. The Labute approximate surface area is 190 Å². The van der Waals surface area contributed by atoms with Crippen molar-refractivity contribution < 1.29 is 24.2 Å². The lowest BCUT2D eigenvalue weighted by Crippen LogP contribution is -2.41. The third kappa shape index (κ3) is 10.4. The van der Waals surface area contributed by atoms with Crippen LogP contribution in [0, 0.1) is 11.8 Å². The van der Waals surface area contributed by atoms with E-state index in [4.69, 9.17) is 9.84 Å². The Hall–Kier alpha value is -2.93. The number of aliphatic hydroxyl groups excluding tert-OH is 1. The van der Waals surface area contributed by atoms with E-state index in [-0.39, 0.29) is 49.3 Å². The Kier molecular flexibility index (Phi) is 12.7. The molecule has 4 atom stereocenters. The van der Waals surface area contributed by atoms with E-state index in [1.165, 1.54) is 0 Å². The van der Waals surface area contributed by atoms with Crippen molar-refractivity contribution in [2.45, 2.75) is 51.7 Å². The second-order valence-corrected chi connectivity index (χ2v) is 7.98. The molecule has 7 nitrogen and oxygen atoms in total. The van der Waals surface area contributed by atoms with Crippen molar-refractivity contribution in [2.75, 3.05) is 13.2 Å². The molecule has 7 heteroatoms. The minimum Gasteiger partial charge on any atom is -0.461 e. The summed E-state index contributed by atoms with van der Waals surface area (Å²) in [5, 5.41) is 14.4. The molecule has 1 aromatic rings. The van der Waals surface area contributed by atoms with E-state index >= 15 is 0 Å². The summed E-state index contributed by atoms with van der Waals surface area (Å²) in [5.74, 6) is -1.91. The predicted molar refractivity (Wildman–Crippen MR) is 125 cm³/mol. The number of rotatable bonds is 15. The number of benzene rings is 1. The lowest BCUT2D eigenvalue weighted by molar-refractivity contribution is -0.153. The topological polar surface area (TPSA) is 105 Å². The number of aliphatic hydroxyl groups is 1. The number of ether oxygens (including phenoxy) is 1. The van der Waals surface area contributed by atoms with Crippen LogP contribution >= 0.6 is 0 Å². The standard InChI is InChI=1S/C25H36N2O5/c1-5-10-21(15-23(29)27-18(3)17-28)24(30)26-16-19(4)32-25(31)22(11-6-2)14-20-12-8-7-9-13-20/h5-9,12-13,18-19,21-22,28H,1-2,10-11,14-17H2,3-4H3,(H,26,30)(H,27,29)/t18-,19+,21+,22-/m1/s1. The zero-order valence-corrected chi connectivity index (χ0v) is 19.1.